The molecule has 0 radical (unpaired) electrons. The summed E-state index contributed by atoms with van der Waals surface area (Å²) in [4.78, 5) is 28.8. The van der Waals surface area contributed by atoms with Gasteiger partial charge in [-0.25, -0.2) is 9.97 Å². The Labute approximate surface area is 141 Å². The fraction of sp³-hybridized carbons (Fsp3) is 0. The van der Waals surface area contributed by atoms with Crippen molar-refractivity contribution in [1.29, 1.82) is 0 Å². The minimum absolute atomic E-state index is 0.272. The number of carbonyl (C=O) groups is 1. The maximum Gasteiger partial charge on any atom is 0.275 e. The lowest BCUT2D eigenvalue weighted by Crippen LogP contribution is -2.13. The van der Waals surface area contributed by atoms with Gasteiger partial charge in [0.25, 0.3) is 5.91 Å². The molecular weight excluding hydrogens is 322 g/mol. The number of aromatic nitrogens is 4. The molecule has 0 aliphatic heterocycles. The Hall–Kier alpha value is -3.19. The summed E-state index contributed by atoms with van der Waals surface area (Å²) in [6, 6.07) is 9.44. The molecule has 3 heterocycles. The second-order valence-corrected chi connectivity index (χ2v) is 6.02. The molecule has 24 heavy (non-hydrogen) atoms. The zero-order valence-electron chi connectivity index (χ0n) is 12.4. The van der Waals surface area contributed by atoms with Crippen LogP contribution in [0, 0.1) is 0 Å². The lowest BCUT2D eigenvalue weighted by molar-refractivity contribution is 0.102. The van der Waals surface area contributed by atoms with Gasteiger partial charge < -0.3 is 5.32 Å². The van der Waals surface area contributed by atoms with Gasteiger partial charge >= 0.3 is 0 Å². The number of hydrogen-bond acceptors (Lipinski definition) is 6. The van der Waals surface area contributed by atoms with Crippen LogP contribution in [0.1, 0.15) is 10.5 Å². The predicted molar refractivity (Wildman–Crippen MR) is 92.8 cm³/mol. The van der Waals surface area contributed by atoms with Crippen molar-refractivity contribution in [1.82, 2.24) is 19.9 Å². The Bertz CT molecular complexity index is 983. The fourth-order valence-electron chi connectivity index (χ4n) is 2.24. The Morgan fingerprint density at radius 2 is 1.96 bits per heavy atom. The van der Waals surface area contributed by atoms with E-state index < -0.39 is 0 Å². The van der Waals surface area contributed by atoms with Gasteiger partial charge in [-0.3, -0.25) is 14.8 Å². The maximum absolute atomic E-state index is 12.2. The standard InChI is InChI=1S/C17H11N5OS/c23-16(14-9-19-6-7-20-14)21-12-3-1-2-11(8-12)17-22-13-4-5-18-10-15(13)24-17/h1-10H,(H,21,23). The zero-order valence-corrected chi connectivity index (χ0v) is 13.2. The summed E-state index contributed by atoms with van der Waals surface area (Å²) in [5.74, 6) is -0.297. The molecule has 0 aliphatic rings. The van der Waals surface area contributed by atoms with Crippen molar-refractivity contribution in [3.8, 4) is 10.6 Å². The first kappa shape index (κ1) is 14.4. The molecule has 4 rings (SSSR count). The van der Waals surface area contributed by atoms with Crippen LogP contribution in [0.2, 0.25) is 0 Å². The van der Waals surface area contributed by atoms with Crippen LogP contribution in [-0.2, 0) is 0 Å². The van der Waals surface area contributed by atoms with Crippen molar-refractivity contribution in [3.05, 3.63) is 67.0 Å². The summed E-state index contributed by atoms with van der Waals surface area (Å²) in [5, 5.41) is 3.71. The molecule has 1 aromatic carbocycles. The van der Waals surface area contributed by atoms with Gasteiger partial charge in [0.15, 0.2) is 0 Å². The second kappa shape index (κ2) is 6.13. The molecule has 0 unspecified atom stereocenters. The van der Waals surface area contributed by atoms with Gasteiger partial charge in [-0.05, 0) is 18.2 Å². The highest BCUT2D eigenvalue weighted by Gasteiger charge is 2.10. The summed E-state index contributed by atoms with van der Waals surface area (Å²) >= 11 is 1.57. The van der Waals surface area contributed by atoms with Crippen LogP contribution >= 0.6 is 11.3 Å². The minimum Gasteiger partial charge on any atom is -0.321 e. The van der Waals surface area contributed by atoms with E-state index in [2.05, 4.69) is 25.3 Å². The molecule has 4 aromatic rings. The zero-order chi connectivity index (χ0) is 16.4. The molecule has 1 N–H and O–H groups in total. The SMILES string of the molecule is O=C(Nc1cccc(-c2nc3ccncc3s2)c1)c1cnccn1. The Kier molecular flexibility index (Phi) is 3.68. The molecule has 0 saturated heterocycles. The van der Waals surface area contributed by atoms with Crippen LogP contribution in [0.3, 0.4) is 0 Å². The summed E-state index contributed by atoms with van der Waals surface area (Å²) in [6.45, 7) is 0. The lowest BCUT2D eigenvalue weighted by atomic mass is 10.2. The number of amides is 1. The Morgan fingerprint density at radius 1 is 1.04 bits per heavy atom. The average Bonchev–Trinajstić information content (AvgIpc) is 3.07. The van der Waals surface area contributed by atoms with Crippen molar-refractivity contribution in [2.45, 2.75) is 0 Å². The van der Waals surface area contributed by atoms with Gasteiger partial charge in [0.05, 0.1) is 16.4 Å². The number of pyridine rings is 1. The number of rotatable bonds is 3. The van der Waals surface area contributed by atoms with Gasteiger partial charge in [-0.2, -0.15) is 0 Å². The smallest absolute Gasteiger partial charge is 0.275 e. The fourth-order valence-corrected chi connectivity index (χ4v) is 3.17. The molecule has 0 fully saturated rings. The molecule has 0 spiro atoms. The van der Waals surface area contributed by atoms with Crippen LogP contribution < -0.4 is 5.32 Å². The van der Waals surface area contributed by atoms with E-state index in [9.17, 15) is 4.79 Å². The van der Waals surface area contributed by atoms with E-state index in [1.165, 1.54) is 18.6 Å². The van der Waals surface area contributed by atoms with Crippen molar-refractivity contribution in [2.75, 3.05) is 5.32 Å². The summed E-state index contributed by atoms with van der Waals surface area (Å²) in [7, 11) is 0. The van der Waals surface area contributed by atoms with Crippen molar-refractivity contribution >= 4 is 33.1 Å². The third-order valence-electron chi connectivity index (χ3n) is 3.35. The summed E-state index contributed by atoms with van der Waals surface area (Å²) < 4.78 is 1.03. The monoisotopic (exact) mass is 333 g/mol. The van der Waals surface area contributed by atoms with E-state index in [1.54, 1.807) is 23.7 Å². The van der Waals surface area contributed by atoms with Crippen molar-refractivity contribution in [3.63, 3.8) is 0 Å². The first-order chi connectivity index (χ1) is 11.8. The molecule has 3 aromatic heterocycles. The van der Waals surface area contributed by atoms with Crippen LogP contribution in [0.15, 0.2) is 61.3 Å². The van der Waals surface area contributed by atoms with Crippen LogP contribution in [0.5, 0.6) is 0 Å². The molecule has 1 amide bonds. The van der Waals surface area contributed by atoms with Crippen LogP contribution in [-0.4, -0.2) is 25.8 Å². The van der Waals surface area contributed by atoms with Gasteiger partial charge in [0.1, 0.15) is 10.7 Å². The van der Waals surface area contributed by atoms with Crippen LogP contribution in [0.25, 0.3) is 20.8 Å². The van der Waals surface area contributed by atoms with E-state index in [-0.39, 0.29) is 11.6 Å². The maximum atomic E-state index is 12.2. The molecular formula is C17H11N5OS. The number of thiazole rings is 1. The van der Waals surface area contributed by atoms with E-state index in [1.807, 2.05) is 30.3 Å². The number of hydrogen-bond donors (Lipinski definition) is 1. The highest BCUT2D eigenvalue weighted by atomic mass is 32.1. The molecule has 6 nitrogen and oxygen atoms in total. The summed E-state index contributed by atoms with van der Waals surface area (Å²) in [6.07, 6.45) is 7.97. The van der Waals surface area contributed by atoms with Gasteiger partial charge in [0, 0.05) is 36.0 Å². The molecule has 116 valence electrons. The topological polar surface area (TPSA) is 80.7 Å². The highest BCUT2D eigenvalue weighted by Crippen LogP contribution is 2.30. The lowest BCUT2D eigenvalue weighted by Gasteiger charge is -2.05. The molecule has 0 atom stereocenters. The average molecular weight is 333 g/mol. The van der Waals surface area contributed by atoms with Crippen molar-refractivity contribution < 1.29 is 4.79 Å². The van der Waals surface area contributed by atoms with Crippen LogP contribution in [0.4, 0.5) is 5.69 Å². The van der Waals surface area contributed by atoms with Crippen molar-refractivity contribution in [2.24, 2.45) is 0 Å². The van der Waals surface area contributed by atoms with Gasteiger partial charge in [-0.1, -0.05) is 12.1 Å². The molecule has 0 bridgehead atoms. The molecule has 7 heteroatoms. The molecule has 0 saturated carbocycles. The Balaban J connectivity index is 1.63. The minimum atomic E-state index is -0.297. The summed E-state index contributed by atoms with van der Waals surface area (Å²) in [5.41, 5.74) is 2.81. The first-order valence-corrected chi connectivity index (χ1v) is 7.99. The predicted octanol–water partition coefficient (Wildman–Crippen LogP) is 3.40. The van der Waals surface area contributed by atoms with E-state index in [0.717, 1.165) is 20.8 Å². The number of nitrogens with zero attached hydrogens (tertiary/aromatic N) is 4. The van der Waals surface area contributed by atoms with E-state index >= 15 is 0 Å². The normalized spacial score (nSPS) is 10.7. The Morgan fingerprint density at radius 3 is 2.79 bits per heavy atom. The first-order valence-electron chi connectivity index (χ1n) is 7.18. The third-order valence-corrected chi connectivity index (χ3v) is 4.41. The third kappa shape index (κ3) is 2.84. The highest BCUT2D eigenvalue weighted by molar-refractivity contribution is 7.21. The number of anilines is 1. The number of nitrogens with one attached hydrogen (secondary N) is 1. The van der Waals surface area contributed by atoms with E-state index in [0.29, 0.717) is 5.69 Å². The van der Waals surface area contributed by atoms with Gasteiger partial charge in [-0.15, -0.1) is 11.3 Å². The van der Waals surface area contributed by atoms with E-state index in [4.69, 9.17) is 0 Å². The number of carbonyl (C=O) groups excluding carboxylic acids is 1. The largest absolute Gasteiger partial charge is 0.321 e. The second-order valence-electron chi connectivity index (χ2n) is 4.99. The molecule has 0 aliphatic carbocycles. The van der Waals surface area contributed by atoms with Gasteiger partial charge in [0.2, 0.25) is 0 Å². The number of fused-ring (bicyclic) bond motifs is 1. The number of benzene rings is 1. The quantitative estimate of drug-likeness (QED) is 0.621.